The fourth-order valence-corrected chi connectivity index (χ4v) is 3.16. The lowest BCUT2D eigenvalue weighted by atomic mass is 10.0. The Morgan fingerprint density at radius 3 is 2.71 bits per heavy atom. The number of rotatable bonds is 5. The molecule has 1 aliphatic heterocycles. The van der Waals surface area contributed by atoms with Gasteiger partial charge in [0.25, 0.3) is 0 Å². The van der Waals surface area contributed by atoms with Crippen LogP contribution >= 0.6 is 0 Å². The van der Waals surface area contributed by atoms with Crippen molar-refractivity contribution in [3.8, 4) is 5.69 Å². The Hall–Kier alpha value is -1.73. The quantitative estimate of drug-likeness (QED) is 0.897. The van der Waals surface area contributed by atoms with Crippen molar-refractivity contribution < 1.29 is 14.6 Å². The average Bonchev–Trinajstić information content (AvgIpc) is 3.02. The van der Waals surface area contributed by atoms with Crippen LogP contribution in [-0.2, 0) is 16.0 Å². The van der Waals surface area contributed by atoms with Crippen molar-refractivity contribution in [3.63, 3.8) is 0 Å². The number of aryl methyl sites for hydroxylation is 1. The van der Waals surface area contributed by atoms with Crippen molar-refractivity contribution in [1.29, 1.82) is 0 Å². The van der Waals surface area contributed by atoms with Crippen LogP contribution in [0, 0.1) is 6.92 Å². The van der Waals surface area contributed by atoms with Crippen LogP contribution in [0.4, 0.5) is 0 Å². The van der Waals surface area contributed by atoms with Crippen LogP contribution in [0.2, 0.25) is 0 Å². The zero-order valence-corrected chi connectivity index (χ0v) is 14.4. The minimum absolute atomic E-state index is 0.0701. The molecule has 1 saturated heterocycles. The fourth-order valence-electron chi connectivity index (χ4n) is 3.16. The van der Waals surface area contributed by atoms with Crippen molar-refractivity contribution in [3.05, 3.63) is 48.0 Å². The van der Waals surface area contributed by atoms with E-state index in [1.165, 1.54) is 5.56 Å². The molecule has 6 nitrogen and oxygen atoms in total. The molecule has 130 valence electrons. The van der Waals surface area contributed by atoms with Crippen LogP contribution < -0.4 is 0 Å². The highest BCUT2D eigenvalue weighted by Crippen LogP contribution is 2.19. The van der Waals surface area contributed by atoms with Crippen LogP contribution in [0.25, 0.3) is 5.69 Å². The van der Waals surface area contributed by atoms with E-state index >= 15 is 0 Å². The summed E-state index contributed by atoms with van der Waals surface area (Å²) in [5, 5.41) is 10.4. The molecule has 1 N–H and O–H groups in total. The van der Waals surface area contributed by atoms with E-state index in [2.05, 4.69) is 38.7 Å². The van der Waals surface area contributed by atoms with Gasteiger partial charge in [-0.2, -0.15) is 0 Å². The first kappa shape index (κ1) is 17.1. The number of aliphatic hydroxyl groups is 1. The first-order valence-electron chi connectivity index (χ1n) is 8.18. The van der Waals surface area contributed by atoms with Gasteiger partial charge in [-0.1, -0.05) is 12.1 Å². The van der Waals surface area contributed by atoms with E-state index in [-0.39, 0.29) is 12.1 Å². The molecule has 6 heteroatoms. The predicted octanol–water partition coefficient (Wildman–Crippen LogP) is 1.39. The van der Waals surface area contributed by atoms with Crippen LogP contribution in [0.15, 0.2) is 36.7 Å². The molecule has 0 amide bonds. The number of aliphatic hydroxyl groups excluding tert-OH is 1. The Balaban J connectivity index is 1.66. The van der Waals surface area contributed by atoms with Crippen molar-refractivity contribution >= 4 is 0 Å². The molecule has 0 spiro atoms. The lowest BCUT2D eigenvalue weighted by molar-refractivity contribution is -0.142. The van der Waals surface area contributed by atoms with Gasteiger partial charge in [-0.15, -0.1) is 0 Å². The Bertz CT molecular complexity index is 656. The van der Waals surface area contributed by atoms with Gasteiger partial charge < -0.3 is 19.1 Å². The molecule has 2 heterocycles. The highest BCUT2D eigenvalue weighted by Gasteiger charge is 2.35. The summed E-state index contributed by atoms with van der Waals surface area (Å²) in [4.78, 5) is 6.37. The van der Waals surface area contributed by atoms with E-state index in [9.17, 15) is 5.11 Å². The van der Waals surface area contributed by atoms with Crippen molar-refractivity contribution in [2.75, 3.05) is 27.4 Å². The summed E-state index contributed by atoms with van der Waals surface area (Å²) < 4.78 is 12.9. The van der Waals surface area contributed by atoms with Crippen molar-refractivity contribution in [2.24, 2.45) is 0 Å². The molecule has 1 aromatic carbocycles. The predicted molar refractivity (Wildman–Crippen MR) is 91.2 cm³/mol. The normalized spacial score (nSPS) is 24.5. The van der Waals surface area contributed by atoms with E-state index < -0.39 is 6.10 Å². The van der Waals surface area contributed by atoms with Gasteiger partial charge in [-0.05, 0) is 31.7 Å². The maximum absolute atomic E-state index is 10.4. The van der Waals surface area contributed by atoms with Gasteiger partial charge in [0, 0.05) is 31.7 Å². The molecule has 1 aromatic heterocycles. The van der Waals surface area contributed by atoms with E-state index in [1.54, 1.807) is 13.3 Å². The first-order chi connectivity index (χ1) is 11.6. The Kier molecular flexibility index (Phi) is 5.30. The number of ether oxygens (including phenoxy) is 2. The smallest absolute Gasteiger partial charge is 0.110 e. The minimum Gasteiger partial charge on any atom is -0.389 e. The van der Waals surface area contributed by atoms with Crippen LogP contribution in [0.3, 0.4) is 0 Å². The zero-order chi connectivity index (χ0) is 17.1. The van der Waals surface area contributed by atoms with Gasteiger partial charge in [0.1, 0.15) is 18.0 Å². The van der Waals surface area contributed by atoms with Crippen molar-refractivity contribution in [1.82, 2.24) is 14.5 Å². The van der Waals surface area contributed by atoms with Gasteiger partial charge >= 0.3 is 0 Å². The highest BCUT2D eigenvalue weighted by atomic mass is 16.5. The Morgan fingerprint density at radius 1 is 1.33 bits per heavy atom. The van der Waals surface area contributed by atoms with E-state index in [1.807, 2.05) is 20.2 Å². The van der Waals surface area contributed by atoms with Gasteiger partial charge in [0.15, 0.2) is 0 Å². The molecule has 0 radical (unpaired) electrons. The molecule has 3 rings (SSSR count). The molecule has 24 heavy (non-hydrogen) atoms. The standard InChI is InChI=1S/C18H25N3O3/c1-13-19-8-9-21(13)15-6-4-14(5-7-15)10-20(2)16-11-24-12-17(23-3)18(16)22/h4-9,16-18,22H,10-12H2,1-3H3/t16-,17-,18+/m1/s1. The number of hydrogen-bond donors (Lipinski definition) is 1. The molecule has 2 aromatic rings. The van der Waals surface area contributed by atoms with Crippen LogP contribution in [-0.4, -0.2) is 65.2 Å². The summed E-state index contributed by atoms with van der Waals surface area (Å²) in [5.74, 6) is 0.966. The topological polar surface area (TPSA) is 59.8 Å². The second-order valence-corrected chi connectivity index (χ2v) is 6.30. The first-order valence-corrected chi connectivity index (χ1v) is 8.18. The number of benzene rings is 1. The lowest BCUT2D eigenvalue weighted by Crippen LogP contribution is -2.55. The van der Waals surface area contributed by atoms with E-state index in [0.29, 0.717) is 13.2 Å². The SMILES string of the molecule is CO[C@@H]1COC[C@@H](N(C)Cc2ccc(-n3ccnc3C)cc2)[C@@H]1O. The molecule has 0 saturated carbocycles. The second-order valence-electron chi connectivity index (χ2n) is 6.30. The lowest BCUT2D eigenvalue weighted by Gasteiger charge is -2.39. The summed E-state index contributed by atoms with van der Waals surface area (Å²) in [5.41, 5.74) is 2.28. The highest BCUT2D eigenvalue weighted by molar-refractivity contribution is 5.35. The third kappa shape index (κ3) is 3.52. The molecular weight excluding hydrogens is 306 g/mol. The maximum Gasteiger partial charge on any atom is 0.110 e. The Labute approximate surface area is 142 Å². The molecular formula is C18H25N3O3. The second kappa shape index (κ2) is 7.44. The number of hydrogen-bond acceptors (Lipinski definition) is 5. The largest absolute Gasteiger partial charge is 0.389 e. The van der Waals surface area contributed by atoms with E-state index in [4.69, 9.17) is 9.47 Å². The number of aromatic nitrogens is 2. The molecule has 0 bridgehead atoms. The van der Waals surface area contributed by atoms with Gasteiger partial charge in [-0.25, -0.2) is 4.98 Å². The minimum atomic E-state index is -0.540. The fraction of sp³-hybridized carbons (Fsp3) is 0.500. The number of nitrogens with zero attached hydrogens (tertiary/aromatic N) is 3. The third-order valence-electron chi connectivity index (χ3n) is 4.69. The summed E-state index contributed by atoms with van der Waals surface area (Å²) in [6, 6.07) is 8.32. The van der Waals surface area contributed by atoms with Crippen LogP contribution in [0.1, 0.15) is 11.4 Å². The summed E-state index contributed by atoms with van der Waals surface area (Å²) in [6.07, 6.45) is 2.95. The van der Waals surface area contributed by atoms with Gasteiger partial charge in [0.2, 0.25) is 0 Å². The zero-order valence-electron chi connectivity index (χ0n) is 14.4. The molecule has 1 aliphatic rings. The number of methoxy groups -OCH3 is 1. The molecule has 3 atom stereocenters. The monoisotopic (exact) mass is 331 g/mol. The number of imidazole rings is 1. The summed E-state index contributed by atoms with van der Waals surface area (Å²) >= 11 is 0. The molecule has 0 unspecified atom stereocenters. The summed E-state index contributed by atoms with van der Waals surface area (Å²) in [7, 11) is 3.61. The third-order valence-corrected chi connectivity index (χ3v) is 4.69. The maximum atomic E-state index is 10.4. The average molecular weight is 331 g/mol. The summed E-state index contributed by atoms with van der Waals surface area (Å²) in [6.45, 7) is 3.69. The van der Waals surface area contributed by atoms with Gasteiger partial charge in [-0.3, -0.25) is 4.90 Å². The molecule has 0 aliphatic carbocycles. The van der Waals surface area contributed by atoms with E-state index in [0.717, 1.165) is 18.1 Å². The van der Waals surface area contributed by atoms with Crippen molar-refractivity contribution in [2.45, 2.75) is 31.7 Å². The Morgan fingerprint density at radius 2 is 2.08 bits per heavy atom. The number of likely N-dealkylation sites (N-methyl/N-ethyl adjacent to an activating group) is 1. The van der Waals surface area contributed by atoms with Crippen LogP contribution in [0.5, 0.6) is 0 Å². The van der Waals surface area contributed by atoms with Gasteiger partial charge in [0.05, 0.1) is 19.3 Å². The molecule has 1 fully saturated rings.